The van der Waals surface area contributed by atoms with Crippen molar-refractivity contribution in [2.75, 3.05) is 6.54 Å². The predicted molar refractivity (Wildman–Crippen MR) is 78.1 cm³/mol. The Morgan fingerprint density at radius 3 is 2.25 bits per heavy atom. The summed E-state index contributed by atoms with van der Waals surface area (Å²) in [5, 5.41) is 12.1. The molecule has 0 aromatic rings. The van der Waals surface area contributed by atoms with E-state index >= 15 is 0 Å². The van der Waals surface area contributed by atoms with Crippen molar-refractivity contribution >= 4 is 11.9 Å². The lowest BCUT2D eigenvalue weighted by Gasteiger charge is -2.38. The zero-order chi connectivity index (χ0) is 15.6. The second-order valence-corrected chi connectivity index (χ2v) is 7.05. The smallest absolute Gasteiger partial charge is 0.306 e. The van der Waals surface area contributed by atoms with Gasteiger partial charge in [0.15, 0.2) is 0 Å². The Balaban J connectivity index is 2.62. The summed E-state index contributed by atoms with van der Waals surface area (Å²) in [5.74, 6) is -1.16. The number of hydrogen-bond acceptors (Lipinski definition) is 3. The van der Waals surface area contributed by atoms with Crippen LogP contribution in [0.25, 0.3) is 0 Å². The minimum absolute atomic E-state index is 0.0295. The van der Waals surface area contributed by atoms with Gasteiger partial charge in [-0.3, -0.25) is 9.59 Å². The number of nitrogens with two attached hydrogens (primary N) is 1. The summed E-state index contributed by atoms with van der Waals surface area (Å²) in [6, 6.07) is 0. The van der Waals surface area contributed by atoms with Gasteiger partial charge in [0.2, 0.25) is 5.91 Å². The Labute approximate surface area is 121 Å². The Bertz CT molecular complexity index is 372. The zero-order valence-electron chi connectivity index (χ0n) is 13.0. The van der Waals surface area contributed by atoms with Crippen LogP contribution in [0.3, 0.4) is 0 Å². The number of carbonyl (C=O) groups excluding carboxylic acids is 1. The van der Waals surface area contributed by atoms with Crippen LogP contribution >= 0.6 is 0 Å². The van der Waals surface area contributed by atoms with E-state index in [1.165, 1.54) is 0 Å². The molecule has 1 aliphatic rings. The number of rotatable bonds is 5. The third-order valence-electron chi connectivity index (χ3n) is 4.93. The van der Waals surface area contributed by atoms with E-state index in [2.05, 4.69) is 5.32 Å². The summed E-state index contributed by atoms with van der Waals surface area (Å²) in [6.07, 6.45) is 3.57. The SMILES string of the molecule is CC(C)(N)C(C)(C)C(=O)NCC1CCCCC1C(=O)O. The summed E-state index contributed by atoms with van der Waals surface area (Å²) < 4.78 is 0. The first-order valence-electron chi connectivity index (χ1n) is 7.37. The molecular formula is C15H28N2O3. The highest BCUT2D eigenvalue weighted by Crippen LogP contribution is 2.31. The molecule has 2 unspecified atom stereocenters. The molecule has 0 spiro atoms. The molecule has 0 saturated heterocycles. The molecule has 0 radical (unpaired) electrons. The number of hydrogen-bond donors (Lipinski definition) is 3. The number of carboxylic acids is 1. The van der Waals surface area contributed by atoms with Gasteiger partial charge in [-0.05, 0) is 46.5 Å². The molecule has 1 amide bonds. The number of aliphatic carboxylic acids is 1. The minimum Gasteiger partial charge on any atom is -0.481 e. The normalized spacial score (nSPS) is 24.2. The molecule has 0 aromatic carbocycles. The fraction of sp³-hybridized carbons (Fsp3) is 0.867. The molecule has 5 heteroatoms. The van der Waals surface area contributed by atoms with Gasteiger partial charge in [0.25, 0.3) is 0 Å². The first-order valence-corrected chi connectivity index (χ1v) is 7.37. The van der Waals surface area contributed by atoms with Gasteiger partial charge in [-0.1, -0.05) is 12.8 Å². The predicted octanol–water partition coefficient (Wildman–Crippen LogP) is 1.76. The number of carbonyl (C=O) groups is 2. The van der Waals surface area contributed by atoms with E-state index in [4.69, 9.17) is 5.73 Å². The van der Waals surface area contributed by atoms with Crippen molar-refractivity contribution in [2.45, 2.75) is 58.9 Å². The van der Waals surface area contributed by atoms with Crippen LogP contribution in [0.4, 0.5) is 0 Å². The second-order valence-electron chi connectivity index (χ2n) is 7.05. The monoisotopic (exact) mass is 284 g/mol. The van der Waals surface area contributed by atoms with Crippen LogP contribution in [-0.4, -0.2) is 29.1 Å². The van der Waals surface area contributed by atoms with Crippen LogP contribution in [0, 0.1) is 17.3 Å². The fourth-order valence-electron chi connectivity index (χ4n) is 2.51. The summed E-state index contributed by atoms with van der Waals surface area (Å²) in [7, 11) is 0. The Kier molecular flexibility index (Phi) is 5.19. The molecule has 1 rings (SSSR count). The zero-order valence-corrected chi connectivity index (χ0v) is 13.0. The summed E-state index contributed by atoms with van der Waals surface area (Å²) >= 11 is 0. The molecule has 5 nitrogen and oxygen atoms in total. The molecule has 20 heavy (non-hydrogen) atoms. The van der Waals surface area contributed by atoms with Gasteiger partial charge in [-0.15, -0.1) is 0 Å². The Hall–Kier alpha value is -1.10. The minimum atomic E-state index is -0.748. The summed E-state index contributed by atoms with van der Waals surface area (Å²) in [4.78, 5) is 23.5. The summed E-state index contributed by atoms with van der Waals surface area (Å²) in [5.41, 5.74) is 4.72. The molecule has 0 aromatic heterocycles. The van der Waals surface area contributed by atoms with Crippen molar-refractivity contribution in [1.29, 1.82) is 0 Å². The van der Waals surface area contributed by atoms with E-state index in [-0.39, 0.29) is 17.7 Å². The average Bonchev–Trinajstić information content (AvgIpc) is 2.34. The van der Waals surface area contributed by atoms with Gasteiger partial charge < -0.3 is 16.2 Å². The van der Waals surface area contributed by atoms with E-state index in [9.17, 15) is 14.7 Å². The highest BCUT2D eigenvalue weighted by molar-refractivity contribution is 5.83. The standard InChI is InChI=1S/C15H28N2O3/c1-14(2,15(3,4)16)13(20)17-9-10-7-5-6-8-11(10)12(18)19/h10-11H,5-9,16H2,1-4H3,(H,17,20)(H,18,19). The van der Waals surface area contributed by atoms with Gasteiger partial charge >= 0.3 is 5.97 Å². The molecule has 0 heterocycles. The topological polar surface area (TPSA) is 92.4 Å². The van der Waals surface area contributed by atoms with Crippen molar-refractivity contribution < 1.29 is 14.7 Å². The summed E-state index contributed by atoms with van der Waals surface area (Å²) in [6.45, 7) is 7.71. The first kappa shape index (κ1) is 17.0. The van der Waals surface area contributed by atoms with Gasteiger partial charge in [0.1, 0.15) is 0 Å². The van der Waals surface area contributed by atoms with E-state index in [0.29, 0.717) is 13.0 Å². The van der Waals surface area contributed by atoms with E-state index in [1.807, 2.05) is 27.7 Å². The molecule has 1 fully saturated rings. The molecule has 1 aliphatic carbocycles. The first-order chi connectivity index (χ1) is 9.07. The third kappa shape index (κ3) is 3.72. The van der Waals surface area contributed by atoms with Crippen LogP contribution in [-0.2, 0) is 9.59 Å². The fourth-order valence-corrected chi connectivity index (χ4v) is 2.51. The highest BCUT2D eigenvalue weighted by atomic mass is 16.4. The van der Waals surface area contributed by atoms with Crippen molar-refractivity contribution in [3.05, 3.63) is 0 Å². The maximum absolute atomic E-state index is 12.3. The molecule has 116 valence electrons. The highest BCUT2D eigenvalue weighted by Gasteiger charge is 2.41. The lowest BCUT2D eigenvalue weighted by atomic mass is 9.74. The van der Waals surface area contributed by atoms with Crippen LogP contribution in [0.5, 0.6) is 0 Å². The Morgan fingerprint density at radius 1 is 1.20 bits per heavy atom. The van der Waals surface area contributed by atoms with E-state index in [0.717, 1.165) is 19.3 Å². The van der Waals surface area contributed by atoms with Gasteiger partial charge in [0.05, 0.1) is 11.3 Å². The number of amides is 1. The molecule has 4 N–H and O–H groups in total. The lowest BCUT2D eigenvalue weighted by molar-refractivity contribution is -0.145. The van der Waals surface area contributed by atoms with Crippen LogP contribution in [0.2, 0.25) is 0 Å². The molecule has 0 aliphatic heterocycles. The maximum Gasteiger partial charge on any atom is 0.306 e. The van der Waals surface area contributed by atoms with Gasteiger partial charge in [-0.2, -0.15) is 0 Å². The number of carboxylic acid groups (broad SMARTS) is 1. The van der Waals surface area contributed by atoms with Crippen molar-refractivity contribution in [2.24, 2.45) is 23.0 Å². The largest absolute Gasteiger partial charge is 0.481 e. The molecule has 2 atom stereocenters. The van der Waals surface area contributed by atoms with E-state index in [1.54, 1.807) is 0 Å². The average molecular weight is 284 g/mol. The molecule has 1 saturated carbocycles. The van der Waals surface area contributed by atoms with Crippen LogP contribution < -0.4 is 11.1 Å². The van der Waals surface area contributed by atoms with Crippen molar-refractivity contribution in [1.82, 2.24) is 5.32 Å². The van der Waals surface area contributed by atoms with Crippen LogP contribution in [0.15, 0.2) is 0 Å². The number of nitrogens with one attached hydrogen (secondary N) is 1. The van der Waals surface area contributed by atoms with Crippen molar-refractivity contribution in [3.63, 3.8) is 0 Å². The van der Waals surface area contributed by atoms with Gasteiger partial charge in [0, 0.05) is 12.1 Å². The molecular weight excluding hydrogens is 256 g/mol. The van der Waals surface area contributed by atoms with Gasteiger partial charge in [-0.25, -0.2) is 0 Å². The lowest BCUT2D eigenvalue weighted by Crippen LogP contribution is -2.56. The third-order valence-corrected chi connectivity index (χ3v) is 4.93. The maximum atomic E-state index is 12.3. The van der Waals surface area contributed by atoms with Crippen LogP contribution in [0.1, 0.15) is 53.4 Å². The van der Waals surface area contributed by atoms with Crippen molar-refractivity contribution in [3.8, 4) is 0 Å². The quantitative estimate of drug-likeness (QED) is 0.717. The molecule has 0 bridgehead atoms. The Morgan fingerprint density at radius 2 is 1.75 bits per heavy atom. The second kappa shape index (κ2) is 6.12. The van der Waals surface area contributed by atoms with E-state index < -0.39 is 16.9 Å².